The number of hydrogen-bond donors (Lipinski definition) is 1. The first kappa shape index (κ1) is 27.2. The number of nitrogens with one attached hydrogen (secondary N) is 1. The Kier molecular flexibility index (Phi) is 8.21. The summed E-state index contributed by atoms with van der Waals surface area (Å²) in [5, 5.41) is 3.28. The molecule has 0 bridgehead atoms. The predicted molar refractivity (Wildman–Crippen MR) is 150 cm³/mol. The molecule has 2 aromatic rings. The summed E-state index contributed by atoms with van der Waals surface area (Å²) in [5.41, 5.74) is 2.15. The van der Waals surface area contributed by atoms with Crippen molar-refractivity contribution in [2.45, 2.75) is 51.5 Å². The molecule has 0 saturated carbocycles. The Balaban J connectivity index is 1.37. The van der Waals surface area contributed by atoms with Gasteiger partial charge in [-0.15, -0.1) is 0 Å². The fourth-order valence-electron chi connectivity index (χ4n) is 6.11. The number of amidine groups is 1. The van der Waals surface area contributed by atoms with E-state index in [1.165, 1.54) is 0 Å². The Bertz CT molecular complexity index is 1210. The highest BCUT2D eigenvalue weighted by Crippen LogP contribution is 2.38. The van der Waals surface area contributed by atoms with E-state index < -0.39 is 5.41 Å². The molecule has 3 heterocycles. The van der Waals surface area contributed by atoms with Crippen molar-refractivity contribution in [1.29, 1.82) is 0 Å². The molecule has 2 atom stereocenters. The number of aryl methyl sites for hydroxylation is 1. The molecular formula is C31H39N3O5. The van der Waals surface area contributed by atoms with Gasteiger partial charge >= 0.3 is 0 Å². The minimum absolute atomic E-state index is 0.0755. The van der Waals surface area contributed by atoms with E-state index in [2.05, 4.69) is 34.3 Å². The second-order valence-electron chi connectivity index (χ2n) is 11.0. The first-order valence-electron chi connectivity index (χ1n) is 14.0. The van der Waals surface area contributed by atoms with Gasteiger partial charge in [0.05, 0.1) is 32.3 Å². The van der Waals surface area contributed by atoms with E-state index in [-0.39, 0.29) is 23.8 Å². The second-order valence-corrected chi connectivity index (χ2v) is 11.0. The van der Waals surface area contributed by atoms with E-state index in [1.54, 1.807) is 20.3 Å². The number of hydrogen-bond acceptors (Lipinski definition) is 6. The van der Waals surface area contributed by atoms with Crippen LogP contribution in [0.4, 0.5) is 0 Å². The van der Waals surface area contributed by atoms with Gasteiger partial charge in [-0.05, 0) is 61.8 Å². The SMILES string of the molecule is COc1cc2c(cc1OC)C(=O)N=C(N1CCC(Cc3ccccc3)(C(=O)NC3CCOC3)CC1)C(C)CC2. The average Bonchev–Trinajstić information content (AvgIpc) is 3.47. The number of carbonyl (C=O) groups excluding carboxylic acids is 2. The maximum atomic E-state index is 13.7. The molecule has 208 valence electrons. The lowest BCUT2D eigenvalue weighted by molar-refractivity contribution is -0.134. The number of likely N-dealkylation sites (tertiary alicyclic amines) is 1. The third-order valence-electron chi connectivity index (χ3n) is 8.52. The number of methoxy groups -OCH3 is 2. The topological polar surface area (TPSA) is 89.5 Å². The van der Waals surface area contributed by atoms with Crippen molar-refractivity contribution in [2.75, 3.05) is 40.5 Å². The Hall–Kier alpha value is -3.39. The summed E-state index contributed by atoms with van der Waals surface area (Å²) in [7, 11) is 3.17. The standard InChI is InChI=1S/C31H39N3O5/c1-21-9-10-23-17-26(37-2)27(38-3)18-25(23)29(35)33-28(21)34-14-12-31(13-15-34,19-22-7-5-4-6-8-22)30(36)32-24-11-16-39-20-24/h4-8,17-18,21,24H,9-16,19-20H2,1-3H3,(H,32,36). The van der Waals surface area contributed by atoms with Crippen LogP contribution in [0.15, 0.2) is 47.5 Å². The zero-order valence-electron chi connectivity index (χ0n) is 23.2. The van der Waals surface area contributed by atoms with Gasteiger partial charge in [0.25, 0.3) is 5.91 Å². The lowest BCUT2D eigenvalue weighted by atomic mass is 9.72. The molecule has 39 heavy (non-hydrogen) atoms. The Morgan fingerprint density at radius 1 is 1.10 bits per heavy atom. The van der Waals surface area contributed by atoms with E-state index in [0.29, 0.717) is 62.6 Å². The van der Waals surface area contributed by atoms with Crippen molar-refractivity contribution in [3.8, 4) is 11.5 Å². The van der Waals surface area contributed by atoms with Crippen LogP contribution in [0.3, 0.4) is 0 Å². The number of ether oxygens (including phenoxy) is 3. The molecule has 0 aliphatic carbocycles. The summed E-state index contributed by atoms with van der Waals surface area (Å²) in [6, 6.07) is 14.0. The number of aliphatic imine (C=N–C) groups is 1. The average molecular weight is 534 g/mol. The number of benzene rings is 2. The van der Waals surface area contributed by atoms with Crippen LogP contribution in [0.2, 0.25) is 0 Å². The summed E-state index contributed by atoms with van der Waals surface area (Å²) in [5.74, 6) is 1.93. The van der Waals surface area contributed by atoms with E-state index >= 15 is 0 Å². The molecule has 8 heteroatoms. The Labute approximate surface area is 230 Å². The van der Waals surface area contributed by atoms with Gasteiger partial charge in [0.15, 0.2) is 11.5 Å². The first-order valence-corrected chi connectivity index (χ1v) is 14.0. The molecule has 0 radical (unpaired) electrons. The fraction of sp³-hybridized carbons (Fsp3) is 0.516. The number of carbonyl (C=O) groups is 2. The summed E-state index contributed by atoms with van der Waals surface area (Å²) in [6.07, 6.45) is 4.55. The lowest BCUT2D eigenvalue weighted by Gasteiger charge is -2.43. The van der Waals surface area contributed by atoms with Crippen molar-refractivity contribution >= 4 is 17.6 Å². The van der Waals surface area contributed by atoms with Crippen molar-refractivity contribution in [3.05, 3.63) is 59.2 Å². The molecule has 2 unspecified atom stereocenters. The molecule has 5 rings (SSSR count). The number of piperidine rings is 1. The zero-order chi connectivity index (χ0) is 27.4. The summed E-state index contributed by atoms with van der Waals surface area (Å²) in [6.45, 7) is 4.76. The third kappa shape index (κ3) is 5.81. The molecule has 0 spiro atoms. The molecule has 8 nitrogen and oxygen atoms in total. The fourth-order valence-corrected chi connectivity index (χ4v) is 6.11. The maximum Gasteiger partial charge on any atom is 0.279 e. The Morgan fingerprint density at radius 3 is 2.49 bits per heavy atom. The van der Waals surface area contributed by atoms with Crippen LogP contribution in [0.1, 0.15) is 54.1 Å². The molecule has 2 fully saturated rings. The molecule has 2 amide bonds. The first-order chi connectivity index (χ1) is 18.9. The predicted octanol–water partition coefficient (Wildman–Crippen LogP) is 4.05. The van der Waals surface area contributed by atoms with E-state index in [9.17, 15) is 9.59 Å². The van der Waals surface area contributed by atoms with Gasteiger partial charge in [0.2, 0.25) is 5.91 Å². The monoisotopic (exact) mass is 533 g/mol. The molecule has 3 aliphatic heterocycles. The highest BCUT2D eigenvalue weighted by atomic mass is 16.5. The smallest absolute Gasteiger partial charge is 0.279 e. The van der Waals surface area contributed by atoms with Gasteiger partial charge in [-0.25, -0.2) is 0 Å². The van der Waals surface area contributed by atoms with Crippen LogP contribution in [-0.4, -0.2) is 69.1 Å². The highest BCUT2D eigenvalue weighted by molar-refractivity contribution is 6.05. The number of fused-ring (bicyclic) bond motifs is 1. The van der Waals surface area contributed by atoms with Crippen molar-refractivity contribution in [2.24, 2.45) is 16.3 Å². The van der Waals surface area contributed by atoms with Crippen LogP contribution in [0.5, 0.6) is 11.5 Å². The van der Waals surface area contributed by atoms with Gasteiger partial charge in [-0.3, -0.25) is 9.59 Å². The highest BCUT2D eigenvalue weighted by Gasteiger charge is 2.43. The van der Waals surface area contributed by atoms with Crippen LogP contribution in [0.25, 0.3) is 0 Å². The summed E-state index contributed by atoms with van der Waals surface area (Å²) < 4.78 is 16.4. The third-order valence-corrected chi connectivity index (χ3v) is 8.52. The Morgan fingerprint density at radius 2 is 1.82 bits per heavy atom. The van der Waals surface area contributed by atoms with E-state index in [1.807, 2.05) is 24.3 Å². The number of rotatable bonds is 6. The summed E-state index contributed by atoms with van der Waals surface area (Å²) >= 11 is 0. The van der Waals surface area contributed by atoms with Gasteiger partial charge in [-0.1, -0.05) is 37.3 Å². The normalized spacial score (nSPS) is 22.8. The van der Waals surface area contributed by atoms with Crippen LogP contribution >= 0.6 is 0 Å². The molecule has 1 N–H and O–H groups in total. The molecule has 2 saturated heterocycles. The largest absolute Gasteiger partial charge is 0.493 e. The van der Waals surface area contributed by atoms with Crippen molar-refractivity contribution < 1.29 is 23.8 Å². The second kappa shape index (κ2) is 11.8. The molecule has 0 aromatic heterocycles. The van der Waals surface area contributed by atoms with Crippen molar-refractivity contribution in [1.82, 2.24) is 10.2 Å². The minimum Gasteiger partial charge on any atom is -0.493 e. The zero-order valence-corrected chi connectivity index (χ0v) is 23.2. The number of amides is 2. The van der Waals surface area contributed by atoms with E-state index in [0.717, 1.165) is 36.2 Å². The molecule has 2 aromatic carbocycles. The van der Waals surface area contributed by atoms with Crippen molar-refractivity contribution in [3.63, 3.8) is 0 Å². The lowest BCUT2D eigenvalue weighted by Crippen LogP contribution is -2.54. The van der Waals surface area contributed by atoms with Crippen LogP contribution in [-0.2, 0) is 22.4 Å². The van der Waals surface area contributed by atoms with Gasteiger partial charge in [0.1, 0.15) is 5.84 Å². The van der Waals surface area contributed by atoms with Gasteiger partial charge in [0, 0.05) is 31.2 Å². The number of nitrogens with zero attached hydrogens (tertiary/aromatic N) is 2. The van der Waals surface area contributed by atoms with Crippen LogP contribution < -0.4 is 14.8 Å². The van der Waals surface area contributed by atoms with Gasteiger partial charge in [-0.2, -0.15) is 4.99 Å². The molecular weight excluding hydrogens is 494 g/mol. The summed E-state index contributed by atoms with van der Waals surface area (Å²) in [4.78, 5) is 34.0. The maximum absolute atomic E-state index is 13.7. The van der Waals surface area contributed by atoms with Crippen LogP contribution in [0, 0.1) is 11.3 Å². The molecule has 3 aliphatic rings. The minimum atomic E-state index is -0.508. The van der Waals surface area contributed by atoms with E-state index in [4.69, 9.17) is 14.2 Å². The quantitative estimate of drug-likeness (QED) is 0.603. The van der Waals surface area contributed by atoms with Gasteiger partial charge < -0.3 is 24.4 Å².